The standard InChI is InChI=1S/C19H18IN5O2S/c1-25-16(11-17(26)21-14-5-3-2-4-6-14)23-24-19(25)28-12-18(27)22-15-9-7-13(20)8-10-15/h2-10H,11-12H2,1H3,(H,21,26)(H,22,27). The molecule has 2 aromatic carbocycles. The van der Waals surface area contributed by atoms with E-state index >= 15 is 0 Å². The van der Waals surface area contributed by atoms with Gasteiger partial charge in [-0.1, -0.05) is 30.0 Å². The summed E-state index contributed by atoms with van der Waals surface area (Å²) in [6.45, 7) is 0. The lowest BCUT2D eigenvalue weighted by Gasteiger charge is -2.06. The first kappa shape index (κ1) is 20.3. The van der Waals surface area contributed by atoms with E-state index in [1.165, 1.54) is 11.8 Å². The third-order valence-corrected chi connectivity index (χ3v) is 5.50. The average molecular weight is 507 g/mol. The molecule has 28 heavy (non-hydrogen) atoms. The number of thioether (sulfide) groups is 1. The summed E-state index contributed by atoms with van der Waals surface area (Å²) in [5.74, 6) is 0.440. The molecule has 0 fully saturated rings. The van der Waals surface area contributed by atoms with E-state index in [4.69, 9.17) is 0 Å². The van der Waals surface area contributed by atoms with Gasteiger partial charge in [-0.25, -0.2) is 0 Å². The number of rotatable bonds is 7. The lowest BCUT2D eigenvalue weighted by Crippen LogP contribution is -2.17. The van der Waals surface area contributed by atoms with Crippen LogP contribution in [0.4, 0.5) is 11.4 Å². The molecule has 7 nitrogen and oxygen atoms in total. The smallest absolute Gasteiger partial charge is 0.234 e. The fourth-order valence-electron chi connectivity index (χ4n) is 2.36. The highest BCUT2D eigenvalue weighted by Crippen LogP contribution is 2.17. The van der Waals surface area contributed by atoms with Gasteiger partial charge < -0.3 is 15.2 Å². The van der Waals surface area contributed by atoms with E-state index < -0.39 is 0 Å². The predicted octanol–water partition coefficient (Wildman–Crippen LogP) is 3.33. The summed E-state index contributed by atoms with van der Waals surface area (Å²) in [5.41, 5.74) is 1.48. The van der Waals surface area contributed by atoms with E-state index in [-0.39, 0.29) is 24.0 Å². The second-order valence-electron chi connectivity index (χ2n) is 5.89. The van der Waals surface area contributed by atoms with Crippen molar-refractivity contribution < 1.29 is 9.59 Å². The normalized spacial score (nSPS) is 10.5. The number of aromatic nitrogens is 3. The zero-order valence-electron chi connectivity index (χ0n) is 15.1. The van der Waals surface area contributed by atoms with Crippen molar-refractivity contribution in [2.75, 3.05) is 16.4 Å². The molecule has 0 saturated carbocycles. The fraction of sp³-hybridized carbons (Fsp3) is 0.158. The number of nitrogens with one attached hydrogen (secondary N) is 2. The fourth-order valence-corrected chi connectivity index (χ4v) is 3.44. The van der Waals surface area contributed by atoms with Crippen LogP contribution in [0.1, 0.15) is 5.82 Å². The molecule has 0 unspecified atom stereocenters. The number of hydrogen-bond acceptors (Lipinski definition) is 5. The number of carbonyl (C=O) groups is 2. The molecular weight excluding hydrogens is 489 g/mol. The van der Waals surface area contributed by atoms with Gasteiger partial charge in [-0.15, -0.1) is 10.2 Å². The highest BCUT2D eigenvalue weighted by Gasteiger charge is 2.14. The van der Waals surface area contributed by atoms with E-state index in [0.29, 0.717) is 11.0 Å². The molecule has 2 N–H and O–H groups in total. The van der Waals surface area contributed by atoms with Crippen molar-refractivity contribution in [1.82, 2.24) is 14.8 Å². The molecule has 0 aliphatic heterocycles. The topological polar surface area (TPSA) is 88.9 Å². The van der Waals surface area contributed by atoms with Crippen molar-refractivity contribution in [3.8, 4) is 0 Å². The zero-order chi connectivity index (χ0) is 19.9. The molecule has 0 radical (unpaired) electrons. The van der Waals surface area contributed by atoms with Gasteiger partial charge in [-0.2, -0.15) is 0 Å². The second kappa shape index (κ2) is 9.69. The molecule has 1 heterocycles. The number of halogens is 1. The van der Waals surface area contributed by atoms with Crippen LogP contribution in [0.5, 0.6) is 0 Å². The SMILES string of the molecule is Cn1c(CC(=O)Nc2ccccc2)nnc1SCC(=O)Nc1ccc(I)cc1. The maximum Gasteiger partial charge on any atom is 0.234 e. The van der Waals surface area contributed by atoms with Crippen LogP contribution >= 0.6 is 34.4 Å². The molecule has 0 aliphatic carbocycles. The monoisotopic (exact) mass is 507 g/mol. The number of amides is 2. The Bertz CT molecular complexity index is 960. The van der Waals surface area contributed by atoms with Gasteiger partial charge in [-0.05, 0) is 59.0 Å². The molecule has 0 aliphatic rings. The maximum absolute atomic E-state index is 12.2. The van der Waals surface area contributed by atoms with E-state index in [1.54, 1.807) is 11.6 Å². The minimum Gasteiger partial charge on any atom is -0.326 e. The summed E-state index contributed by atoms with van der Waals surface area (Å²) in [6.07, 6.45) is 0.105. The van der Waals surface area contributed by atoms with Gasteiger partial charge in [0.2, 0.25) is 11.8 Å². The lowest BCUT2D eigenvalue weighted by molar-refractivity contribution is -0.116. The highest BCUT2D eigenvalue weighted by atomic mass is 127. The Kier molecular flexibility index (Phi) is 7.04. The van der Waals surface area contributed by atoms with Crippen molar-refractivity contribution in [2.24, 2.45) is 7.05 Å². The Morgan fingerprint density at radius 2 is 1.61 bits per heavy atom. The van der Waals surface area contributed by atoms with Gasteiger partial charge >= 0.3 is 0 Å². The third-order valence-electron chi connectivity index (χ3n) is 3.76. The summed E-state index contributed by atoms with van der Waals surface area (Å²) in [7, 11) is 1.78. The Morgan fingerprint density at radius 1 is 0.964 bits per heavy atom. The van der Waals surface area contributed by atoms with Crippen LogP contribution in [0.3, 0.4) is 0 Å². The first-order chi connectivity index (χ1) is 13.5. The predicted molar refractivity (Wildman–Crippen MR) is 118 cm³/mol. The molecular formula is C19H18IN5O2S. The molecule has 0 spiro atoms. The minimum atomic E-state index is -0.172. The van der Waals surface area contributed by atoms with Gasteiger partial charge in [0, 0.05) is 22.0 Å². The lowest BCUT2D eigenvalue weighted by atomic mass is 10.3. The van der Waals surface area contributed by atoms with Gasteiger partial charge in [0.15, 0.2) is 5.16 Å². The van der Waals surface area contributed by atoms with E-state index in [9.17, 15) is 9.59 Å². The van der Waals surface area contributed by atoms with Crippen molar-refractivity contribution in [3.05, 3.63) is 64.0 Å². The molecule has 1 aromatic heterocycles. The molecule has 9 heteroatoms. The molecule has 3 aromatic rings. The first-order valence-electron chi connectivity index (χ1n) is 8.42. The Labute approximate surface area is 180 Å². The van der Waals surface area contributed by atoms with Crippen LogP contribution in [0.25, 0.3) is 0 Å². The quantitative estimate of drug-likeness (QED) is 0.379. The summed E-state index contributed by atoms with van der Waals surface area (Å²) >= 11 is 3.48. The number of para-hydroxylation sites is 1. The summed E-state index contributed by atoms with van der Waals surface area (Å²) in [5, 5.41) is 14.4. The minimum absolute atomic E-state index is 0.105. The van der Waals surface area contributed by atoms with Crippen LogP contribution in [0.15, 0.2) is 59.8 Å². The van der Waals surface area contributed by atoms with E-state index in [1.807, 2.05) is 54.6 Å². The number of benzene rings is 2. The number of carbonyl (C=O) groups excluding carboxylic acids is 2. The van der Waals surface area contributed by atoms with Crippen LogP contribution in [0.2, 0.25) is 0 Å². The van der Waals surface area contributed by atoms with Crippen LogP contribution in [0, 0.1) is 3.57 Å². The average Bonchev–Trinajstić information content (AvgIpc) is 3.02. The third kappa shape index (κ3) is 5.80. The first-order valence-corrected chi connectivity index (χ1v) is 10.5. The largest absolute Gasteiger partial charge is 0.326 e. The van der Waals surface area contributed by atoms with Crippen LogP contribution in [-0.4, -0.2) is 32.3 Å². The second-order valence-corrected chi connectivity index (χ2v) is 8.08. The Hall–Kier alpha value is -2.40. The summed E-state index contributed by atoms with van der Waals surface area (Å²) in [6, 6.07) is 16.8. The number of anilines is 2. The molecule has 2 amide bonds. The van der Waals surface area contributed by atoms with Gasteiger partial charge in [0.1, 0.15) is 5.82 Å². The molecule has 3 rings (SSSR count). The summed E-state index contributed by atoms with van der Waals surface area (Å²) in [4.78, 5) is 24.3. The van der Waals surface area contributed by atoms with Crippen molar-refractivity contribution in [1.29, 1.82) is 0 Å². The Morgan fingerprint density at radius 3 is 2.32 bits per heavy atom. The van der Waals surface area contributed by atoms with Crippen molar-refractivity contribution >= 4 is 57.5 Å². The van der Waals surface area contributed by atoms with Crippen molar-refractivity contribution in [3.63, 3.8) is 0 Å². The van der Waals surface area contributed by atoms with E-state index in [0.717, 1.165) is 14.9 Å². The van der Waals surface area contributed by atoms with Crippen molar-refractivity contribution in [2.45, 2.75) is 11.6 Å². The van der Waals surface area contributed by atoms with Crippen LogP contribution in [-0.2, 0) is 23.1 Å². The molecule has 144 valence electrons. The molecule has 0 bridgehead atoms. The van der Waals surface area contributed by atoms with Crippen LogP contribution < -0.4 is 10.6 Å². The molecule has 0 saturated heterocycles. The van der Waals surface area contributed by atoms with Gasteiger partial charge in [0.05, 0.1) is 12.2 Å². The van der Waals surface area contributed by atoms with Gasteiger partial charge in [-0.3, -0.25) is 9.59 Å². The zero-order valence-corrected chi connectivity index (χ0v) is 18.0. The Balaban J connectivity index is 1.52. The maximum atomic E-state index is 12.2. The molecule has 0 atom stereocenters. The number of nitrogens with zero attached hydrogens (tertiary/aromatic N) is 3. The summed E-state index contributed by atoms with van der Waals surface area (Å²) < 4.78 is 2.83. The van der Waals surface area contributed by atoms with E-state index in [2.05, 4.69) is 43.4 Å². The number of hydrogen-bond donors (Lipinski definition) is 2. The van der Waals surface area contributed by atoms with Gasteiger partial charge in [0.25, 0.3) is 0 Å². The highest BCUT2D eigenvalue weighted by molar-refractivity contribution is 14.1.